The Morgan fingerprint density at radius 1 is 1.29 bits per heavy atom. The van der Waals surface area contributed by atoms with E-state index in [1.807, 2.05) is 6.92 Å². The smallest absolute Gasteiger partial charge is 0.716 e. The Balaban J connectivity index is 0.00000169. The van der Waals surface area contributed by atoms with Gasteiger partial charge in [-0.05, 0) is 24.1 Å². The van der Waals surface area contributed by atoms with E-state index < -0.39 is 10.4 Å². The molecule has 0 unspecified atom stereocenters. The molecule has 0 radical (unpaired) electrons. The third kappa shape index (κ3) is 4.97. The van der Waals surface area contributed by atoms with Crippen LogP contribution in [0.4, 0.5) is 0 Å². The average Bonchev–Trinajstić information content (AvgIpc) is 2.03. The van der Waals surface area contributed by atoms with Crippen molar-refractivity contribution in [2.24, 2.45) is 0 Å². The van der Waals surface area contributed by atoms with Crippen molar-refractivity contribution in [3.05, 3.63) is 29.8 Å². The zero-order chi connectivity index (χ0) is 9.90. The molecule has 4 nitrogen and oxygen atoms in total. The summed E-state index contributed by atoms with van der Waals surface area (Å²) >= 11 is 0. The number of hydrogen-bond acceptors (Lipinski definition) is 4. The van der Waals surface area contributed by atoms with Crippen LogP contribution in [0.3, 0.4) is 0 Å². The summed E-state index contributed by atoms with van der Waals surface area (Å²) in [5, 5.41) is 0. The molecule has 0 aliphatic carbocycles. The zero-order valence-electron chi connectivity index (χ0n) is 8.06. The first-order valence-corrected chi connectivity index (χ1v) is 5.09. The van der Waals surface area contributed by atoms with Gasteiger partial charge in [0.25, 0.3) is 10.4 Å². The summed E-state index contributed by atoms with van der Waals surface area (Å²) in [6, 6.07) is 6.32. The zero-order valence-corrected chi connectivity index (χ0v) is 10.9. The molecule has 0 N–H and O–H groups in total. The van der Waals surface area contributed by atoms with Crippen LogP contribution in [0.1, 0.15) is 12.5 Å². The van der Waals surface area contributed by atoms with Gasteiger partial charge in [-0.2, -0.15) is 0 Å². The van der Waals surface area contributed by atoms with Crippen LogP contribution in [-0.4, -0.2) is 13.0 Å². The predicted octanol–water partition coefficient (Wildman–Crippen LogP) is -1.91. The van der Waals surface area contributed by atoms with E-state index in [1.165, 1.54) is 12.1 Å². The van der Waals surface area contributed by atoms with Gasteiger partial charge in [-0.3, -0.25) is 0 Å². The van der Waals surface area contributed by atoms with Crippen LogP contribution in [0, 0.1) is 0 Å². The van der Waals surface area contributed by atoms with Gasteiger partial charge in [0.2, 0.25) is 0 Å². The maximum absolute atomic E-state index is 10.2. The Morgan fingerprint density at radius 3 is 2.14 bits per heavy atom. The van der Waals surface area contributed by atoms with Crippen LogP contribution in [0.5, 0.6) is 5.75 Å². The molecular formula is C8H9NaO4S. The fourth-order valence-corrected chi connectivity index (χ4v) is 1.25. The van der Waals surface area contributed by atoms with Gasteiger partial charge < -0.3 is 8.74 Å². The van der Waals surface area contributed by atoms with E-state index in [0.29, 0.717) is 0 Å². The van der Waals surface area contributed by atoms with Gasteiger partial charge >= 0.3 is 29.6 Å². The fourth-order valence-electron chi connectivity index (χ4n) is 0.899. The number of hydrogen-bond donors (Lipinski definition) is 0. The van der Waals surface area contributed by atoms with Crippen molar-refractivity contribution in [3.63, 3.8) is 0 Å². The van der Waals surface area contributed by atoms with Crippen LogP contribution in [0.25, 0.3) is 0 Å². The molecule has 1 rings (SSSR count). The quantitative estimate of drug-likeness (QED) is 0.341. The molecule has 14 heavy (non-hydrogen) atoms. The second kappa shape index (κ2) is 5.72. The van der Waals surface area contributed by atoms with Crippen molar-refractivity contribution in [2.75, 3.05) is 0 Å². The molecule has 0 saturated heterocycles. The monoisotopic (exact) mass is 224 g/mol. The van der Waals surface area contributed by atoms with Crippen LogP contribution < -0.4 is 33.7 Å². The molecule has 0 aliphatic heterocycles. The summed E-state index contributed by atoms with van der Waals surface area (Å²) in [7, 11) is -4.65. The largest absolute Gasteiger partial charge is 1.00 e. The van der Waals surface area contributed by atoms with E-state index in [9.17, 15) is 13.0 Å². The predicted molar refractivity (Wildman–Crippen MR) is 46.1 cm³/mol. The minimum Gasteiger partial charge on any atom is -0.716 e. The molecule has 0 fully saturated rings. The molecule has 6 heteroatoms. The molecule has 0 saturated carbocycles. The second-order valence-corrected chi connectivity index (χ2v) is 3.47. The van der Waals surface area contributed by atoms with Crippen molar-refractivity contribution in [1.29, 1.82) is 0 Å². The number of rotatable bonds is 3. The number of aryl methyl sites for hydroxylation is 1. The first-order chi connectivity index (χ1) is 6.01. The fraction of sp³-hybridized carbons (Fsp3) is 0.250. The molecule has 0 aromatic heterocycles. The van der Waals surface area contributed by atoms with Crippen molar-refractivity contribution in [2.45, 2.75) is 13.3 Å². The molecule has 0 amide bonds. The summed E-state index contributed by atoms with van der Waals surface area (Å²) in [5.74, 6) is 0.0483. The Labute approximate surface area is 106 Å². The molecular weight excluding hydrogens is 215 g/mol. The van der Waals surface area contributed by atoms with E-state index in [0.717, 1.165) is 12.0 Å². The van der Waals surface area contributed by atoms with Gasteiger partial charge in [-0.1, -0.05) is 19.1 Å². The molecule has 0 bridgehead atoms. The first kappa shape index (κ1) is 13.9. The average molecular weight is 224 g/mol. The van der Waals surface area contributed by atoms with E-state index >= 15 is 0 Å². The summed E-state index contributed by atoms with van der Waals surface area (Å²) in [6.45, 7) is 1.97. The van der Waals surface area contributed by atoms with E-state index in [1.54, 1.807) is 12.1 Å². The first-order valence-electron chi connectivity index (χ1n) is 3.75. The summed E-state index contributed by atoms with van der Waals surface area (Å²) in [4.78, 5) is 0. The Morgan fingerprint density at radius 2 is 1.79 bits per heavy atom. The summed E-state index contributed by atoms with van der Waals surface area (Å²) in [6.07, 6.45) is 0.852. The Kier molecular flexibility index (Phi) is 5.70. The summed E-state index contributed by atoms with van der Waals surface area (Å²) < 4.78 is 34.6. The topological polar surface area (TPSA) is 66.4 Å². The molecule has 1 aromatic carbocycles. The van der Waals surface area contributed by atoms with Crippen LogP contribution in [0.2, 0.25) is 0 Å². The van der Waals surface area contributed by atoms with Gasteiger partial charge in [0.1, 0.15) is 5.75 Å². The van der Waals surface area contributed by atoms with Crippen molar-refractivity contribution in [3.8, 4) is 5.75 Å². The maximum atomic E-state index is 10.2. The van der Waals surface area contributed by atoms with Crippen molar-refractivity contribution < 1.29 is 46.7 Å². The summed E-state index contributed by atoms with van der Waals surface area (Å²) in [5.41, 5.74) is 1.05. The van der Waals surface area contributed by atoms with Crippen LogP contribution >= 0.6 is 0 Å². The normalized spacial score (nSPS) is 10.4. The Bertz CT molecular complexity index is 371. The molecule has 0 heterocycles. The van der Waals surface area contributed by atoms with Gasteiger partial charge in [-0.15, -0.1) is 0 Å². The molecule has 72 valence electrons. The SMILES string of the molecule is CCc1ccc(OS(=O)(=O)[O-])cc1.[Na+]. The van der Waals surface area contributed by atoms with E-state index in [4.69, 9.17) is 0 Å². The number of benzene rings is 1. The third-order valence-corrected chi connectivity index (χ3v) is 1.93. The van der Waals surface area contributed by atoms with Gasteiger partial charge in [-0.25, -0.2) is 8.42 Å². The van der Waals surface area contributed by atoms with Gasteiger partial charge in [0, 0.05) is 0 Å². The van der Waals surface area contributed by atoms with Crippen LogP contribution in [0.15, 0.2) is 24.3 Å². The minimum atomic E-state index is -4.65. The third-order valence-electron chi connectivity index (χ3n) is 1.53. The van der Waals surface area contributed by atoms with Crippen LogP contribution in [-0.2, 0) is 16.8 Å². The van der Waals surface area contributed by atoms with Crippen molar-refractivity contribution >= 4 is 10.4 Å². The standard InChI is InChI=1S/C8H10O4S.Na/c1-2-7-3-5-8(6-4-7)12-13(9,10)11;/h3-6H,2H2,1H3,(H,9,10,11);/q;+1/p-1. The van der Waals surface area contributed by atoms with Gasteiger partial charge in [0.05, 0.1) is 0 Å². The van der Waals surface area contributed by atoms with Gasteiger partial charge in [0.15, 0.2) is 0 Å². The van der Waals surface area contributed by atoms with Crippen molar-refractivity contribution in [1.82, 2.24) is 0 Å². The Hall–Kier alpha value is -0.0700. The molecule has 1 aromatic rings. The minimum absolute atomic E-state index is 0. The molecule has 0 atom stereocenters. The molecule has 0 spiro atoms. The van der Waals surface area contributed by atoms with E-state index in [-0.39, 0.29) is 35.3 Å². The second-order valence-electron chi connectivity index (χ2n) is 2.49. The molecule has 0 aliphatic rings. The maximum Gasteiger partial charge on any atom is 1.00 e. The van der Waals surface area contributed by atoms with E-state index in [2.05, 4.69) is 4.18 Å².